The number of carbonyl (C=O) groups is 2. The van der Waals surface area contributed by atoms with E-state index in [9.17, 15) is 9.59 Å². The third-order valence-corrected chi connectivity index (χ3v) is 6.80. The molecule has 2 N–H and O–H groups in total. The van der Waals surface area contributed by atoms with E-state index in [1.54, 1.807) is 19.1 Å². The molecule has 7 nitrogen and oxygen atoms in total. The minimum Gasteiger partial charge on any atom is -0.361 e. The Bertz CT molecular complexity index is 974. The highest BCUT2D eigenvalue weighted by Gasteiger charge is 2.59. The summed E-state index contributed by atoms with van der Waals surface area (Å²) in [4.78, 5) is 30.1. The third-order valence-electron chi connectivity index (χ3n) is 6.80. The number of aromatic nitrogens is 2. The molecule has 2 atom stereocenters. The van der Waals surface area contributed by atoms with Gasteiger partial charge in [-0.1, -0.05) is 11.2 Å². The number of hydrogen-bond acceptors (Lipinski definition) is 5. The van der Waals surface area contributed by atoms with Crippen molar-refractivity contribution in [3.8, 4) is 0 Å². The fourth-order valence-electron chi connectivity index (χ4n) is 6.31. The molecule has 4 fully saturated rings. The standard InChI is InChI=1S/C22H26N4O3.H2/c1-13-4-3-5-17(23-13)19(27)24-21-8-15-7-16(9-21)11-22(10-15,12-21)25-20(28)18-6-14(2)29-26-18;/h3-6,15-16H,7-12H2,1-2H3,(H,24,27)(H,25,28);1H. The van der Waals surface area contributed by atoms with E-state index in [1.807, 2.05) is 19.1 Å². The van der Waals surface area contributed by atoms with Crippen LogP contribution < -0.4 is 10.6 Å². The molecule has 29 heavy (non-hydrogen) atoms. The Morgan fingerprint density at radius 2 is 1.66 bits per heavy atom. The van der Waals surface area contributed by atoms with Gasteiger partial charge < -0.3 is 15.2 Å². The molecule has 7 heteroatoms. The summed E-state index contributed by atoms with van der Waals surface area (Å²) in [5, 5.41) is 10.5. The van der Waals surface area contributed by atoms with Crippen LogP contribution in [0.4, 0.5) is 0 Å². The lowest BCUT2D eigenvalue weighted by Crippen LogP contribution is -2.69. The first-order chi connectivity index (χ1) is 13.8. The van der Waals surface area contributed by atoms with Crippen molar-refractivity contribution in [3.05, 3.63) is 47.1 Å². The summed E-state index contributed by atoms with van der Waals surface area (Å²) in [6.45, 7) is 3.66. The Hall–Kier alpha value is -2.70. The molecule has 4 saturated carbocycles. The van der Waals surface area contributed by atoms with Gasteiger partial charge in [0.15, 0.2) is 5.69 Å². The molecule has 6 rings (SSSR count). The van der Waals surface area contributed by atoms with Crippen LogP contribution in [0, 0.1) is 25.7 Å². The van der Waals surface area contributed by atoms with Crippen molar-refractivity contribution < 1.29 is 15.5 Å². The zero-order valence-electron chi connectivity index (χ0n) is 16.8. The van der Waals surface area contributed by atoms with E-state index in [0.29, 0.717) is 29.0 Å². The Kier molecular flexibility index (Phi) is 4.05. The maximum absolute atomic E-state index is 12.9. The van der Waals surface area contributed by atoms with Gasteiger partial charge >= 0.3 is 0 Å². The Labute approximate surface area is 171 Å². The minimum atomic E-state index is -0.290. The first-order valence-corrected chi connectivity index (χ1v) is 10.4. The number of nitrogens with one attached hydrogen (secondary N) is 2. The van der Waals surface area contributed by atoms with Crippen LogP contribution >= 0.6 is 0 Å². The van der Waals surface area contributed by atoms with E-state index in [-0.39, 0.29) is 24.3 Å². The van der Waals surface area contributed by atoms with Gasteiger partial charge in [-0.25, -0.2) is 4.98 Å². The summed E-state index contributed by atoms with van der Waals surface area (Å²) in [6, 6.07) is 7.17. The van der Waals surface area contributed by atoms with Gasteiger partial charge in [0, 0.05) is 24.3 Å². The van der Waals surface area contributed by atoms with Gasteiger partial charge in [0.2, 0.25) is 0 Å². The maximum atomic E-state index is 12.9. The number of pyridine rings is 1. The molecule has 2 unspecified atom stereocenters. The highest BCUT2D eigenvalue weighted by Crippen LogP contribution is 2.57. The van der Waals surface area contributed by atoms with Crippen LogP contribution in [-0.4, -0.2) is 33.0 Å². The molecule has 2 heterocycles. The highest BCUT2D eigenvalue weighted by molar-refractivity contribution is 5.93. The van der Waals surface area contributed by atoms with Crippen molar-refractivity contribution in [2.24, 2.45) is 11.8 Å². The Balaban J connectivity index is 0.00000218. The second kappa shape index (κ2) is 6.40. The van der Waals surface area contributed by atoms with Crippen LogP contribution in [0.1, 0.15) is 72.4 Å². The normalized spacial score (nSPS) is 32.2. The monoisotopic (exact) mass is 396 g/mol. The molecule has 0 aliphatic heterocycles. The molecule has 4 aliphatic rings. The molecule has 2 aromatic heterocycles. The lowest BCUT2D eigenvalue weighted by Gasteiger charge is -2.62. The minimum absolute atomic E-state index is 0. The maximum Gasteiger partial charge on any atom is 0.273 e. The molecule has 0 saturated heterocycles. The van der Waals surface area contributed by atoms with Crippen LogP contribution in [0.2, 0.25) is 0 Å². The first-order valence-electron chi connectivity index (χ1n) is 10.4. The molecule has 0 aromatic carbocycles. The predicted octanol–water partition coefficient (Wildman–Crippen LogP) is 3.18. The van der Waals surface area contributed by atoms with Crippen molar-refractivity contribution in [1.29, 1.82) is 0 Å². The molecular weight excluding hydrogens is 368 g/mol. The van der Waals surface area contributed by atoms with Crippen molar-refractivity contribution in [3.63, 3.8) is 0 Å². The van der Waals surface area contributed by atoms with Gasteiger partial charge in [-0.05, 0) is 76.3 Å². The number of carbonyl (C=O) groups excluding carboxylic acids is 2. The predicted molar refractivity (Wildman–Crippen MR) is 107 cm³/mol. The quantitative estimate of drug-likeness (QED) is 0.827. The molecule has 154 valence electrons. The number of nitrogens with zero attached hydrogens (tertiary/aromatic N) is 2. The van der Waals surface area contributed by atoms with Crippen molar-refractivity contribution >= 4 is 11.8 Å². The average molecular weight is 396 g/mol. The zero-order valence-corrected chi connectivity index (χ0v) is 16.8. The van der Waals surface area contributed by atoms with Gasteiger partial charge in [0.1, 0.15) is 11.5 Å². The van der Waals surface area contributed by atoms with Crippen LogP contribution in [0.3, 0.4) is 0 Å². The summed E-state index contributed by atoms with van der Waals surface area (Å²) in [5.74, 6) is 1.34. The fraction of sp³-hybridized carbons (Fsp3) is 0.545. The summed E-state index contributed by atoms with van der Waals surface area (Å²) in [5.41, 5.74) is 1.04. The smallest absolute Gasteiger partial charge is 0.273 e. The molecular formula is C22H28N4O3. The van der Waals surface area contributed by atoms with Crippen LogP contribution in [0.25, 0.3) is 0 Å². The molecule has 0 spiro atoms. The molecule has 2 aromatic rings. The average Bonchev–Trinajstić information content (AvgIpc) is 3.06. The number of rotatable bonds is 4. The Morgan fingerprint density at radius 1 is 1.03 bits per heavy atom. The topological polar surface area (TPSA) is 97.1 Å². The summed E-state index contributed by atoms with van der Waals surface area (Å²) >= 11 is 0. The summed E-state index contributed by atoms with van der Waals surface area (Å²) in [6.07, 6.45) is 5.82. The molecule has 4 aliphatic carbocycles. The van der Waals surface area contributed by atoms with Crippen LogP contribution in [-0.2, 0) is 0 Å². The van der Waals surface area contributed by atoms with Crippen molar-refractivity contribution in [2.45, 2.75) is 63.5 Å². The number of hydrogen-bond donors (Lipinski definition) is 2. The van der Waals surface area contributed by atoms with E-state index in [2.05, 4.69) is 20.8 Å². The lowest BCUT2D eigenvalue weighted by atomic mass is 9.49. The lowest BCUT2D eigenvalue weighted by molar-refractivity contribution is -0.0449. The molecule has 0 radical (unpaired) electrons. The fourth-order valence-corrected chi connectivity index (χ4v) is 6.31. The summed E-state index contributed by atoms with van der Waals surface area (Å²) in [7, 11) is 0. The van der Waals surface area contributed by atoms with E-state index >= 15 is 0 Å². The van der Waals surface area contributed by atoms with Gasteiger partial charge in [0.05, 0.1) is 0 Å². The Morgan fingerprint density at radius 3 is 2.21 bits per heavy atom. The SMILES string of the molecule is Cc1cccc(C(=O)NC23CC4CC(CC(NC(=O)c5cc(C)on5)(C4)C2)C3)n1.[HH]. The third kappa shape index (κ3) is 3.32. The van der Waals surface area contributed by atoms with E-state index in [1.165, 1.54) is 6.42 Å². The largest absolute Gasteiger partial charge is 0.361 e. The van der Waals surface area contributed by atoms with Gasteiger partial charge in [-0.3, -0.25) is 9.59 Å². The van der Waals surface area contributed by atoms with Gasteiger partial charge in [0.25, 0.3) is 11.8 Å². The number of amides is 2. The zero-order chi connectivity index (χ0) is 20.2. The summed E-state index contributed by atoms with van der Waals surface area (Å²) < 4.78 is 5.06. The van der Waals surface area contributed by atoms with Crippen molar-refractivity contribution in [1.82, 2.24) is 20.8 Å². The second-order valence-electron chi connectivity index (χ2n) is 9.42. The van der Waals surface area contributed by atoms with Crippen LogP contribution in [0.5, 0.6) is 0 Å². The van der Waals surface area contributed by atoms with E-state index in [4.69, 9.17) is 4.52 Å². The van der Waals surface area contributed by atoms with E-state index in [0.717, 1.165) is 37.8 Å². The molecule has 4 bridgehead atoms. The van der Waals surface area contributed by atoms with Gasteiger partial charge in [-0.2, -0.15) is 0 Å². The van der Waals surface area contributed by atoms with Crippen LogP contribution in [0.15, 0.2) is 28.8 Å². The molecule has 2 amide bonds. The number of aryl methyl sites for hydroxylation is 2. The first kappa shape index (κ1) is 18.3. The highest BCUT2D eigenvalue weighted by atomic mass is 16.5. The van der Waals surface area contributed by atoms with E-state index < -0.39 is 0 Å². The van der Waals surface area contributed by atoms with Crippen molar-refractivity contribution in [2.75, 3.05) is 0 Å². The second-order valence-corrected chi connectivity index (χ2v) is 9.42. The van der Waals surface area contributed by atoms with Gasteiger partial charge in [-0.15, -0.1) is 0 Å².